The average Bonchev–Trinajstić information content (AvgIpc) is 2.39. The maximum Gasteiger partial charge on any atom is 0.339 e. The van der Waals surface area contributed by atoms with Crippen LogP contribution in [0.2, 0.25) is 0 Å². The van der Waals surface area contributed by atoms with E-state index in [4.69, 9.17) is 0 Å². The van der Waals surface area contributed by atoms with Crippen LogP contribution >= 0.6 is 0 Å². The molecule has 0 spiro atoms. The number of carboxylic acids is 1. The lowest BCUT2D eigenvalue weighted by molar-refractivity contribution is -0.397. The summed E-state index contributed by atoms with van der Waals surface area (Å²) in [5.41, 5.74) is -3.41. The van der Waals surface area contributed by atoms with Crippen LogP contribution in [-0.2, 0) is 4.79 Å². The highest BCUT2D eigenvalue weighted by Gasteiger charge is 2.31. The number of pyridine rings is 1. The third-order valence-corrected chi connectivity index (χ3v) is 3.16. The number of aromatic nitrogens is 1. The molecule has 0 aliphatic heterocycles. The maximum absolute atomic E-state index is 11.6. The van der Waals surface area contributed by atoms with E-state index < -0.39 is 44.6 Å². The molecule has 0 unspecified atom stereocenters. The van der Waals surface area contributed by atoms with E-state index in [9.17, 15) is 34.9 Å². The van der Waals surface area contributed by atoms with Crippen molar-refractivity contribution in [1.29, 1.82) is 0 Å². The molecule has 1 heterocycles. The van der Waals surface area contributed by atoms with Gasteiger partial charge in [-0.25, -0.2) is 4.79 Å². The number of hydrogen-bond acceptors (Lipinski definition) is 6. The van der Waals surface area contributed by atoms with Gasteiger partial charge in [0.2, 0.25) is 0 Å². The molecule has 0 amide bonds. The molecule has 0 radical (unpaired) electrons. The zero-order valence-corrected chi connectivity index (χ0v) is 11.3. The van der Waals surface area contributed by atoms with Crippen LogP contribution in [-0.4, -0.2) is 25.5 Å². The van der Waals surface area contributed by atoms with Gasteiger partial charge in [-0.05, 0) is 5.92 Å². The summed E-state index contributed by atoms with van der Waals surface area (Å²) in [5, 5.41) is 30.8. The van der Waals surface area contributed by atoms with Crippen LogP contribution in [0.5, 0.6) is 0 Å². The predicted octanol–water partition coefficient (Wildman–Crippen LogP) is 1.34. The fourth-order valence-electron chi connectivity index (χ4n) is 1.88. The lowest BCUT2D eigenvalue weighted by atomic mass is 9.99. The van der Waals surface area contributed by atoms with E-state index >= 15 is 0 Å². The number of hydrogen-bond donors (Lipinski definition) is 1. The summed E-state index contributed by atoms with van der Waals surface area (Å²) in [7, 11) is 0. The molecule has 1 N–H and O–H groups in total. The number of aliphatic carboxylic acids is 1. The molecule has 0 aliphatic carbocycles. The number of carbonyl (C=O) groups is 1. The quantitative estimate of drug-likeness (QED) is 0.615. The van der Waals surface area contributed by atoms with Crippen LogP contribution in [0.4, 0.5) is 11.4 Å². The van der Waals surface area contributed by atoms with Gasteiger partial charge in [-0.15, -0.1) is 0 Å². The third kappa shape index (κ3) is 3.22. The van der Waals surface area contributed by atoms with Crippen LogP contribution in [0.1, 0.15) is 26.3 Å². The van der Waals surface area contributed by atoms with Gasteiger partial charge in [-0.2, -0.15) is 0 Å². The molecule has 0 bridgehead atoms. The fraction of sp³-hybridized carbons (Fsp3) is 0.455. The molecule has 2 atom stereocenters. The van der Waals surface area contributed by atoms with Crippen molar-refractivity contribution in [3.8, 4) is 0 Å². The van der Waals surface area contributed by atoms with Crippen LogP contribution < -0.4 is 5.43 Å². The first-order chi connectivity index (χ1) is 9.70. The fourth-order valence-corrected chi connectivity index (χ4v) is 1.88. The van der Waals surface area contributed by atoms with E-state index in [1.54, 1.807) is 13.8 Å². The van der Waals surface area contributed by atoms with Crippen LogP contribution in [0.25, 0.3) is 0 Å². The zero-order valence-electron chi connectivity index (χ0n) is 11.3. The van der Waals surface area contributed by atoms with Gasteiger partial charge in [-0.3, -0.25) is 25.0 Å². The standard InChI is InChI=1S/C11H13N3O7/c1-3-6(2)9(11(16)17)12-4-7(13(18)19)10(15)8(5-12)14(20)21/h4-6,9H,3H2,1-2H3,(H,16,17)/t6-,9+/m1/s1. The van der Waals surface area contributed by atoms with Crippen molar-refractivity contribution in [2.45, 2.75) is 26.3 Å². The number of nitrogens with zero attached hydrogens (tertiary/aromatic N) is 3. The van der Waals surface area contributed by atoms with Gasteiger partial charge in [0.15, 0.2) is 0 Å². The lowest BCUT2D eigenvalue weighted by Gasteiger charge is -2.21. The molecule has 21 heavy (non-hydrogen) atoms. The average molecular weight is 299 g/mol. The van der Waals surface area contributed by atoms with Crippen molar-refractivity contribution in [3.05, 3.63) is 42.8 Å². The van der Waals surface area contributed by atoms with Crippen molar-refractivity contribution in [2.24, 2.45) is 5.92 Å². The van der Waals surface area contributed by atoms with E-state index in [-0.39, 0.29) is 0 Å². The van der Waals surface area contributed by atoms with Crippen LogP contribution in [0.15, 0.2) is 17.2 Å². The van der Waals surface area contributed by atoms with Gasteiger partial charge in [0.25, 0.3) is 0 Å². The van der Waals surface area contributed by atoms with Crippen LogP contribution in [0.3, 0.4) is 0 Å². The molecule has 10 nitrogen and oxygen atoms in total. The molecule has 1 aromatic rings. The van der Waals surface area contributed by atoms with Crippen molar-refractivity contribution >= 4 is 17.3 Å². The Balaban J connectivity index is 3.62. The molecule has 0 saturated carbocycles. The van der Waals surface area contributed by atoms with Crippen molar-refractivity contribution in [1.82, 2.24) is 4.57 Å². The number of rotatable bonds is 6. The Morgan fingerprint density at radius 3 is 2.00 bits per heavy atom. The molecule has 1 aromatic heterocycles. The minimum absolute atomic E-state index is 0.435. The Hall–Kier alpha value is -2.78. The smallest absolute Gasteiger partial charge is 0.339 e. The summed E-state index contributed by atoms with van der Waals surface area (Å²) in [6.07, 6.45) is 1.88. The minimum atomic E-state index is -1.35. The molecule has 0 saturated heterocycles. The number of nitro groups is 2. The van der Waals surface area contributed by atoms with Crippen molar-refractivity contribution < 1.29 is 19.7 Å². The highest BCUT2D eigenvalue weighted by Crippen LogP contribution is 2.24. The Labute approximate surface area is 117 Å². The van der Waals surface area contributed by atoms with Gasteiger partial charge in [0.1, 0.15) is 6.04 Å². The predicted molar refractivity (Wildman–Crippen MR) is 70.1 cm³/mol. The molecule has 1 rings (SSSR count). The topological polar surface area (TPSA) is 146 Å². The van der Waals surface area contributed by atoms with E-state index in [1.165, 1.54) is 0 Å². The summed E-state index contributed by atoms with van der Waals surface area (Å²) in [6.45, 7) is 3.31. The van der Waals surface area contributed by atoms with E-state index in [2.05, 4.69) is 0 Å². The van der Waals surface area contributed by atoms with Crippen molar-refractivity contribution in [3.63, 3.8) is 0 Å². The Morgan fingerprint density at radius 1 is 1.29 bits per heavy atom. The Morgan fingerprint density at radius 2 is 1.71 bits per heavy atom. The molecular weight excluding hydrogens is 286 g/mol. The van der Waals surface area contributed by atoms with Crippen LogP contribution in [0, 0.1) is 26.1 Å². The summed E-state index contributed by atoms with van der Waals surface area (Å²) in [5.74, 6) is -1.74. The largest absolute Gasteiger partial charge is 0.480 e. The SMILES string of the molecule is CC[C@@H](C)[C@@H](C(=O)O)n1cc([N+](=O)[O-])c(=O)c([N+](=O)[O-])c1. The molecule has 0 aromatic carbocycles. The molecule has 0 aliphatic rings. The highest BCUT2D eigenvalue weighted by atomic mass is 16.6. The maximum atomic E-state index is 11.6. The molecule has 0 fully saturated rings. The second-order valence-corrected chi connectivity index (χ2v) is 4.49. The van der Waals surface area contributed by atoms with Gasteiger partial charge < -0.3 is 9.67 Å². The first kappa shape index (κ1) is 16.3. The Kier molecular flexibility index (Phi) is 4.74. The summed E-state index contributed by atoms with van der Waals surface area (Å²) >= 11 is 0. The second kappa shape index (κ2) is 6.11. The van der Waals surface area contributed by atoms with Gasteiger partial charge in [0, 0.05) is 0 Å². The summed E-state index contributed by atoms with van der Waals surface area (Å²) in [6, 6.07) is -1.24. The minimum Gasteiger partial charge on any atom is -0.480 e. The zero-order chi connectivity index (χ0) is 16.3. The summed E-state index contributed by atoms with van der Waals surface area (Å²) in [4.78, 5) is 42.4. The van der Waals surface area contributed by atoms with Crippen molar-refractivity contribution in [2.75, 3.05) is 0 Å². The molecular formula is C11H13N3O7. The van der Waals surface area contributed by atoms with Gasteiger partial charge in [0.05, 0.1) is 22.2 Å². The monoisotopic (exact) mass is 299 g/mol. The first-order valence-electron chi connectivity index (χ1n) is 5.98. The molecule has 10 heteroatoms. The first-order valence-corrected chi connectivity index (χ1v) is 5.98. The third-order valence-electron chi connectivity index (χ3n) is 3.16. The normalized spacial score (nSPS) is 13.4. The Bertz CT molecular complexity index is 613. The van der Waals surface area contributed by atoms with Gasteiger partial charge >= 0.3 is 22.8 Å². The summed E-state index contributed by atoms with van der Waals surface area (Å²) < 4.78 is 0.841. The second-order valence-electron chi connectivity index (χ2n) is 4.49. The van der Waals surface area contributed by atoms with E-state index in [0.29, 0.717) is 6.42 Å². The van der Waals surface area contributed by atoms with Gasteiger partial charge in [-0.1, -0.05) is 20.3 Å². The highest BCUT2D eigenvalue weighted by molar-refractivity contribution is 5.72. The van der Waals surface area contributed by atoms with E-state index in [0.717, 1.165) is 17.0 Å². The molecule has 114 valence electrons. The number of carboxylic acid groups (broad SMARTS) is 1. The van der Waals surface area contributed by atoms with E-state index in [1.807, 2.05) is 0 Å². The lowest BCUT2D eigenvalue weighted by Crippen LogP contribution is -2.27.